The number of nitrogens with one attached hydrogen (secondary N) is 1. The van der Waals surface area contributed by atoms with Gasteiger partial charge >= 0.3 is 6.03 Å². The van der Waals surface area contributed by atoms with E-state index in [2.05, 4.69) is 23.5 Å². The Bertz CT molecular complexity index is 557. The van der Waals surface area contributed by atoms with Gasteiger partial charge in [-0.1, -0.05) is 36.8 Å². The van der Waals surface area contributed by atoms with E-state index in [1.807, 2.05) is 34.9 Å². The Kier molecular flexibility index (Phi) is 4.89. The molecule has 2 heterocycles. The lowest BCUT2D eigenvalue weighted by atomic mass is 10.0. The number of carbonyl (C=O) groups excluding carboxylic acids is 1. The molecule has 3 rings (SSSR count). The molecular weight excluding hydrogens is 294 g/mol. The van der Waals surface area contributed by atoms with E-state index in [0.717, 1.165) is 25.0 Å². The number of urea groups is 1. The number of hydrogen-bond acceptors (Lipinski definition) is 3. The first-order valence-electron chi connectivity index (χ1n) is 7.89. The zero-order valence-corrected chi connectivity index (χ0v) is 13.4. The molecule has 0 spiro atoms. The van der Waals surface area contributed by atoms with E-state index in [0.29, 0.717) is 24.3 Å². The number of hydrogen-bond donors (Lipinski definition) is 1. The number of unbranched alkanes of at least 4 members (excludes halogenated alkanes) is 2. The second kappa shape index (κ2) is 7.06. The van der Waals surface area contributed by atoms with Crippen molar-refractivity contribution in [3.63, 3.8) is 0 Å². The summed E-state index contributed by atoms with van der Waals surface area (Å²) in [7, 11) is 0. The summed E-state index contributed by atoms with van der Waals surface area (Å²) in [5.74, 6) is 1.00. The van der Waals surface area contributed by atoms with Crippen LogP contribution in [0, 0.1) is 11.3 Å². The smallest absolute Gasteiger partial charge is 0.318 e. The van der Waals surface area contributed by atoms with E-state index < -0.39 is 0 Å². The van der Waals surface area contributed by atoms with E-state index in [-0.39, 0.29) is 12.1 Å². The first-order valence-corrected chi connectivity index (χ1v) is 8.94. The maximum Gasteiger partial charge on any atom is 0.318 e. The topological polar surface area (TPSA) is 56.1 Å². The Balaban J connectivity index is 1.64. The molecule has 0 aliphatic carbocycles. The molecule has 2 amide bonds. The Morgan fingerprint density at radius 2 is 2.14 bits per heavy atom. The van der Waals surface area contributed by atoms with Crippen LogP contribution in [0.4, 0.5) is 4.79 Å². The summed E-state index contributed by atoms with van der Waals surface area (Å²) in [5, 5.41) is 12.3. The van der Waals surface area contributed by atoms with Gasteiger partial charge in [0, 0.05) is 24.0 Å². The highest BCUT2D eigenvalue weighted by molar-refractivity contribution is 8.00. The van der Waals surface area contributed by atoms with Gasteiger partial charge in [0.15, 0.2) is 0 Å². The van der Waals surface area contributed by atoms with Gasteiger partial charge in [-0.3, -0.25) is 0 Å². The summed E-state index contributed by atoms with van der Waals surface area (Å²) in [6, 6.07) is 13.0. The average Bonchev–Trinajstić information content (AvgIpc) is 3.05. The van der Waals surface area contributed by atoms with Crippen LogP contribution in [0.3, 0.4) is 0 Å². The monoisotopic (exact) mass is 315 g/mol. The molecule has 2 aliphatic rings. The van der Waals surface area contributed by atoms with Crippen LogP contribution in [0.2, 0.25) is 0 Å². The van der Waals surface area contributed by atoms with Crippen molar-refractivity contribution in [2.75, 3.05) is 5.75 Å². The number of amides is 2. The molecule has 4 nitrogen and oxygen atoms in total. The highest BCUT2D eigenvalue weighted by atomic mass is 32.2. The minimum atomic E-state index is 0.0705. The van der Waals surface area contributed by atoms with Crippen molar-refractivity contribution in [1.82, 2.24) is 10.2 Å². The van der Waals surface area contributed by atoms with E-state index >= 15 is 0 Å². The molecule has 0 aromatic heterocycles. The molecule has 22 heavy (non-hydrogen) atoms. The molecule has 1 unspecified atom stereocenters. The fourth-order valence-electron chi connectivity index (χ4n) is 3.37. The van der Waals surface area contributed by atoms with Crippen LogP contribution in [-0.4, -0.2) is 34.0 Å². The highest BCUT2D eigenvalue weighted by Crippen LogP contribution is 2.38. The number of rotatable bonds is 6. The SMILES string of the molecule is N#CCCCC[C@@H]1SCC2NC(=O)N(Cc3ccccc3)[C@@H]21. The fraction of sp³-hybridized carbons (Fsp3) is 0.529. The molecule has 116 valence electrons. The van der Waals surface area contributed by atoms with Gasteiger partial charge in [-0.05, 0) is 18.4 Å². The fourth-order valence-corrected chi connectivity index (χ4v) is 4.97. The molecule has 0 saturated carbocycles. The van der Waals surface area contributed by atoms with Crippen molar-refractivity contribution in [3.8, 4) is 6.07 Å². The average molecular weight is 315 g/mol. The normalized spacial score (nSPS) is 26.6. The molecule has 1 aromatic rings. The van der Waals surface area contributed by atoms with Crippen molar-refractivity contribution in [2.24, 2.45) is 0 Å². The summed E-state index contributed by atoms with van der Waals surface area (Å²) < 4.78 is 0. The summed E-state index contributed by atoms with van der Waals surface area (Å²) in [6.07, 6.45) is 3.76. The molecule has 0 bridgehead atoms. The minimum absolute atomic E-state index is 0.0705. The number of nitrogens with zero attached hydrogens (tertiary/aromatic N) is 2. The van der Waals surface area contributed by atoms with Gasteiger partial charge in [0.2, 0.25) is 0 Å². The lowest BCUT2D eigenvalue weighted by molar-refractivity contribution is 0.197. The molecule has 1 aromatic carbocycles. The summed E-state index contributed by atoms with van der Waals surface area (Å²) in [5.41, 5.74) is 1.18. The maximum atomic E-state index is 12.3. The molecule has 1 N–H and O–H groups in total. The Morgan fingerprint density at radius 3 is 2.91 bits per heavy atom. The third-order valence-electron chi connectivity index (χ3n) is 4.44. The van der Waals surface area contributed by atoms with Crippen molar-refractivity contribution < 1.29 is 4.79 Å². The molecule has 3 atom stereocenters. The van der Waals surface area contributed by atoms with Gasteiger partial charge in [-0.15, -0.1) is 0 Å². The Morgan fingerprint density at radius 1 is 1.32 bits per heavy atom. The van der Waals surface area contributed by atoms with E-state index in [1.165, 1.54) is 5.56 Å². The molecule has 2 aliphatic heterocycles. The van der Waals surface area contributed by atoms with Crippen LogP contribution in [-0.2, 0) is 6.54 Å². The highest BCUT2D eigenvalue weighted by Gasteiger charge is 2.47. The van der Waals surface area contributed by atoms with Crippen LogP contribution in [0.5, 0.6) is 0 Å². The van der Waals surface area contributed by atoms with Crippen molar-refractivity contribution >= 4 is 17.8 Å². The summed E-state index contributed by atoms with van der Waals surface area (Å²) in [4.78, 5) is 14.3. The third-order valence-corrected chi connectivity index (χ3v) is 5.93. The van der Waals surface area contributed by atoms with Crippen molar-refractivity contribution in [2.45, 2.75) is 49.6 Å². The van der Waals surface area contributed by atoms with Crippen LogP contribution in [0.1, 0.15) is 31.2 Å². The second-order valence-electron chi connectivity index (χ2n) is 5.94. The van der Waals surface area contributed by atoms with Gasteiger partial charge in [-0.25, -0.2) is 4.79 Å². The lowest BCUT2D eigenvalue weighted by Crippen LogP contribution is -2.40. The van der Waals surface area contributed by atoms with Crippen LogP contribution >= 0.6 is 11.8 Å². The first-order chi connectivity index (χ1) is 10.8. The van der Waals surface area contributed by atoms with Gasteiger partial charge in [-0.2, -0.15) is 17.0 Å². The van der Waals surface area contributed by atoms with Gasteiger partial charge < -0.3 is 10.2 Å². The summed E-state index contributed by atoms with van der Waals surface area (Å²) in [6.45, 7) is 0.684. The predicted octanol–water partition coefficient (Wildman–Crippen LogP) is 3.15. The van der Waals surface area contributed by atoms with Crippen molar-refractivity contribution in [3.05, 3.63) is 35.9 Å². The number of thioether (sulfide) groups is 1. The lowest BCUT2D eigenvalue weighted by Gasteiger charge is -2.27. The number of carbonyl (C=O) groups is 1. The predicted molar refractivity (Wildman–Crippen MR) is 88.4 cm³/mol. The minimum Gasteiger partial charge on any atom is -0.332 e. The number of benzene rings is 1. The summed E-state index contributed by atoms with van der Waals surface area (Å²) >= 11 is 1.97. The molecule has 2 fully saturated rings. The van der Waals surface area contributed by atoms with Crippen molar-refractivity contribution in [1.29, 1.82) is 5.26 Å². The molecule has 2 saturated heterocycles. The van der Waals surface area contributed by atoms with Gasteiger partial charge in [0.25, 0.3) is 0 Å². The molecule has 0 radical (unpaired) electrons. The number of fused-ring (bicyclic) bond motifs is 1. The first kappa shape index (κ1) is 15.2. The zero-order valence-electron chi connectivity index (χ0n) is 12.6. The van der Waals surface area contributed by atoms with E-state index in [4.69, 9.17) is 5.26 Å². The quantitative estimate of drug-likeness (QED) is 0.648. The van der Waals surface area contributed by atoms with Crippen LogP contribution in [0.15, 0.2) is 30.3 Å². The Labute approximate surface area is 135 Å². The molecular formula is C17H21N3OS. The molecule has 5 heteroatoms. The standard InChI is InChI=1S/C17H21N3OS/c18-10-6-2-5-9-15-16-14(12-22-15)19-17(21)20(16)11-13-7-3-1-4-8-13/h1,3-4,7-8,14-16H,2,5-6,9,11-12H2,(H,19,21)/t14?,15-,16-/m0/s1. The van der Waals surface area contributed by atoms with Crippen LogP contribution < -0.4 is 5.32 Å². The van der Waals surface area contributed by atoms with Gasteiger partial charge in [0.1, 0.15) is 0 Å². The Hall–Kier alpha value is -1.67. The third kappa shape index (κ3) is 3.22. The van der Waals surface area contributed by atoms with Gasteiger partial charge in [0.05, 0.1) is 18.2 Å². The maximum absolute atomic E-state index is 12.3. The van der Waals surface area contributed by atoms with E-state index in [9.17, 15) is 4.79 Å². The number of nitriles is 1. The largest absolute Gasteiger partial charge is 0.332 e. The van der Waals surface area contributed by atoms with Crippen LogP contribution in [0.25, 0.3) is 0 Å². The second-order valence-corrected chi connectivity index (χ2v) is 7.21. The zero-order chi connectivity index (χ0) is 15.4. The van der Waals surface area contributed by atoms with E-state index in [1.54, 1.807) is 0 Å².